The van der Waals surface area contributed by atoms with E-state index in [-0.39, 0.29) is 0 Å². The molecule has 1 heterocycles. The topological polar surface area (TPSA) is 4.93 Å². The van der Waals surface area contributed by atoms with E-state index < -0.39 is 0 Å². The first kappa shape index (κ1) is 20.3. The van der Waals surface area contributed by atoms with Crippen molar-refractivity contribution in [3.8, 4) is 16.8 Å². The lowest BCUT2D eigenvalue weighted by molar-refractivity contribution is 1.19. The largest absolute Gasteiger partial charge is 0.309 e. The molecule has 0 saturated carbocycles. The maximum absolute atomic E-state index is 2.40. The molecule has 7 aromatic carbocycles. The summed E-state index contributed by atoms with van der Waals surface area (Å²) in [5, 5.41) is 10.3. The van der Waals surface area contributed by atoms with Crippen LogP contribution in [-0.4, -0.2) is 4.57 Å². The van der Waals surface area contributed by atoms with Crippen molar-refractivity contribution in [1.82, 2.24) is 4.57 Å². The van der Waals surface area contributed by atoms with Crippen molar-refractivity contribution >= 4 is 54.1 Å². The zero-order valence-electron chi connectivity index (χ0n) is 20.2. The van der Waals surface area contributed by atoms with E-state index in [4.69, 9.17) is 0 Å². The maximum atomic E-state index is 2.40. The van der Waals surface area contributed by atoms with Gasteiger partial charge in [-0.3, -0.25) is 0 Å². The Morgan fingerprint density at radius 2 is 0.784 bits per heavy atom. The molecule has 1 heteroatoms. The molecule has 0 atom stereocenters. The average molecular weight is 470 g/mol. The number of aromatic nitrogens is 1. The molecule has 0 aliphatic rings. The number of fused-ring (bicyclic) bond motifs is 9. The average Bonchev–Trinajstić information content (AvgIpc) is 3.32. The molecule has 0 fully saturated rings. The van der Waals surface area contributed by atoms with Gasteiger partial charge in [0.25, 0.3) is 0 Å². The van der Waals surface area contributed by atoms with Crippen molar-refractivity contribution in [1.29, 1.82) is 0 Å². The zero-order valence-corrected chi connectivity index (χ0v) is 20.2. The summed E-state index contributed by atoms with van der Waals surface area (Å²) in [6.07, 6.45) is 0. The van der Waals surface area contributed by atoms with E-state index in [1.807, 2.05) is 0 Å². The highest BCUT2D eigenvalue weighted by Crippen LogP contribution is 2.39. The molecule has 1 aromatic heterocycles. The molecular formula is C36H23N. The van der Waals surface area contributed by atoms with Crippen molar-refractivity contribution in [3.63, 3.8) is 0 Å². The molecular weight excluding hydrogens is 446 g/mol. The van der Waals surface area contributed by atoms with Gasteiger partial charge in [0.05, 0.1) is 11.0 Å². The van der Waals surface area contributed by atoms with Crippen molar-refractivity contribution in [2.45, 2.75) is 0 Å². The van der Waals surface area contributed by atoms with Crippen LogP contribution >= 0.6 is 0 Å². The van der Waals surface area contributed by atoms with Gasteiger partial charge in [0.15, 0.2) is 0 Å². The van der Waals surface area contributed by atoms with E-state index in [9.17, 15) is 0 Å². The molecule has 0 radical (unpaired) electrons. The lowest BCUT2D eigenvalue weighted by atomic mass is 9.92. The van der Waals surface area contributed by atoms with Crippen LogP contribution in [0, 0.1) is 0 Å². The fourth-order valence-corrected chi connectivity index (χ4v) is 6.09. The van der Waals surface area contributed by atoms with Gasteiger partial charge in [-0.05, 0) is 73.8 Å². The van der Waals surface area contributed by atoms with Crippen LogP contribution in [0.3, 0.4) is 0 Å². The number of nitrogens with zero attached hydrogens (tertiary/aromatic N) is 1. The second kappa shape index (κ2) is 7.81. The molecule has 1 nitrogen and oxygen atoms in total. The standard InChI is InChI=1S/C36H23N/c1-2-10-24(11-3-1)25-18-20-29-30-21-19-26(23-34(30)28-13-5-4-12-27(28)33(29)22-25)37-35-16-8-6-14-31(35)32-15-7-9-17-36(32)37/h1-23H. The van der Waals surface area contributed by atoms with Gasteiger partial charge in [-0.25, -0.2) is 0 Å². The number of hydrogen-bond acceptors (Lipinski definition) is 0. The smallest absolute Gasteiger partial charge is 0.0541 e. The highest BCUT2D eigenvalue weighted by Gasteiger charge is 2.14. The number of benzene rings is 7. The van der Waals surface area contributed by atoms with Crippen LogP contribution in [0.1, 0.15) is 0 Å². The van der Waals surface area contributed by atoms with Gasteiger partial charge >= 0.3 is 0 Å². The summed E-state index contributed by atoms with van der Waals surface area (Å²) in [6.45, 7) is 0. The summed E-state index contributed by atoms with van der Waals surface area (Å²) < 4.78 is 2.40. The molecule has 0 N–H and O–H groups in total. The molecule has 0 aliphatic heterocycles. The Bertz CT molecular complexity index is 2060. The third kappa shape index (κ3) is 2.98. The lowest BCUT2D eigenvalue weighted by Gasteiger charge is -2.14. The van der Waals surface area contributed by atoms with Crippen LogP contribution in [-0.2, 0) is 0 Å². The molecule has 0 spiro atoms. The van der Waals surface area contributed by atoms with E-state index in [0.29, 0.717) is 0 Å². The molecule has 172 valence electrons. The van der Waals surface area contributed by atoms with Gasteiger partial charge in [0.1, 0.15) is 0 Å². The van der Waals surface area contributed by atoms with Gasteiger partial charge in [-0.2, -0.15) is 0 Å². The van der Waals surface area contributed by atoms with Gasteiger partial charge in [0, 0.05) is 16.5 Å². The van der Waals surface area contributed by atoms with Crippen molar-refractivity contribution in [2.75, 3.05) is 0 Å². The van der Waals surface area contributed by atoms with E-state index in [1.165, 1.54) is 70.9 Å². The summed E-state index contributed by atoms with van der Waals surface area (Å²) in [7, 11) is 0. The van der Waals surface area contributed by atoms with Crippen LogP contribution in [0.2, 0.25) is 0 Å². The van der Waals surface area contributed by atoms with Gasteiger partial charge in [-0.1, -0.05) is 109 Å². The molecule has 0 amide bonds. The SMILES string of the molecule is c1ccc(-c2ccc3c4ccc(-n5c6ccccc6c6ccccc65)cc4c4ccccc4c3c2)cc1. The Morgan fingerprint density at radius 1 is 0.297 bits per heavy atom. The Kier molecular flexibility index (Phi) is 4.29. The van der Waals surface area contributed by atoms with Crippen LogP contribution in [0.4, 0.5) is 0 Å². The molecule has 0 saturated heterocycles. The Morgan fingerprint density at radius 3 is 1.43 bits per heavy atom. The summed E-state index contributed by atoms with van der Waals surface area (Å²) >= 11 is 0. The van der Waals surface area contributed by atoms with Crippen LogP contribution in [0.5, 0.6) is 0 Å². The van der Waals surface area contributed by atoms with Crippen molar-refractivity contribution in [2.24, 2.45) is 0 Å². The lowest BCUT2D eigenvalue weighted by Crippen LogP contribution is -1.94. The first-order valence-corrected chi connectivity index (χ1v) is 12.8. The van der Waals surface area contributed by atoms with Gasteiger partial charge < -0.3 is 4.57 Å². The van der Waals surface area contributed by atoms with Gasteiger partial charge in [-0.15, -0.1) is 0 Å². The summed E-state index contributed by atoms with van der Waals surface area (Å²) in [5.41, 5.74) is 6.16. The Hall–Kier alpha value is -4.88. The van der Waals surface area contributed by atoms with Crippen LogP contribution in [0.15, 0.2) is 140 Å². The number of para-hydroxylation sites is 2. The Labute approximate surface area is 214 Å². The molecule has 8 aromatic rings. The van der Waals surface area contributed by atoms with E-state index in [2.05, 4.69) is 144 Å². The fourth-order valence-electron chi connectivity index (χ4n) is 6.09. The minimum atomic E-state index is 1.19. The fraction of sp³-hybridized carbons (Fsp3) is 0. The minimum Gasteiger partial charge on any atom is -0.309 e. The normalized spacial score (nSPS) is 11.8. The minimum absolute atomic E-state index is 1.19. The maximum Gasteiger partial charge on any atom is 0.0541 e. The summed E-state index contributed by atoms with van der Waals surface area (Å²) in [6, 6.07) is 50.8. The highest BCUT2D eigenvalue weighted by atomic mass is 15.0. The third-order valence-electron chi connectivity index (χ3n) is 7.77. The van der Waals surface area contributed by atoms with Crippen molar-refractivity contribution < 1.29 is 0 Å². The Balaban J connectivity index is 1.46. The van der Waals surface area contributed by atoms with E-state index >= 15 is 0 Å². The predicted octanol–water partition coefficient (Wildman–Crippen LogP) is 9.91. The summed E-state index contributed by atoms with van der Waals surface area (Å²) in [5.74, 6) is 0. The van der Waals surface area contributed by atoms with Crippen LogP contribution < -0.4 is 0 Å². The first-order chi connectivity index (χ1) is 18.4. The predicted molar refractivity (Wildman–Crippen MR) is 159 cm³/mol. The molecule has 8 rings (SSSR count). The number of hydrogen-bond donors (Lipinski definition) is 0. The van der Waals surface area contributed by atoms with Crippen LogP contribution in [0.25, 0.3) is 70.9 Å². The first-order valence-electron chi connectivity index (χ1n) is 12.8. The molecule has 0 aliphatic carbocycles. The second-order valence-electron chi connectivity index (χ2n) is 9.77. The molecule has 37 heavy (non-hydrogen) atoms. The zero-order chi connectivity index (χ0) is 24.3. The third-order valence-corrected chi connectivity index (χ3v) is 7.77. The van der Waals surface area contributed by atoms with Gasteiger partial charge in [0.2, 0.25) is 0 Å². The monoisotopic (exact) mass is 469 g/mol. The van der Waals surface area contributed by atoms with E-state index in [0.717, 1.165) is 0 Å². The quantitative estimate of drug-likeness (QED) is 0.222. The second-order valence-corrected chi connectivity index (χ2v) is 9.77. The summed E-state index contributed by atoms with van der Waals surface area (Å²) in [4.78, 5) is 0. The van der Waals surface area contributed by atoms with E-state index in [1.54, 1.807) is 0 Å². The molecule has 0 bridgehead atoms. The number of rotatable bonds is 2. The van der Waals surface area contributed by atoms with Crippen molar-refractivity contribution in [3.05, 3.63) is 140 Å². The highest BCUT2D eigenvalue weighted by molar-refractivity contribution is 6.26. The molecule has 0 unspecified atom stereocenters.